The molecule has 150 valence electrons. The number of rotatable bonds is 3. The third-order valence-electron chi connectivity index (χ3n) is 5.08. The van der Waals surface area contributed by atoms with Gasteiger partial charge >= 0.3 is 6.03 Å². The maximum atomic E-state index is 12.6. The number of carbonyl (C=O) groups is 2. The van der Waals surface area contributed by atoms with Crippen LogP contribution in [0.5, 0.6) is 5.75 Å². The van der Waals surface area contributed by atoms with Gasteiger partial charge in [0, 0.05) is 18.7 Å². The molecule has 2 aromatic rings. The van der Waals surface area contributed by atoms with E-state index in [0.29, 0.717) is 40.8 Å². The Kier molecular flexibility index (Phi) is 5.06. The molecule has 3 rings (SSSR count). The first-order valence-electron chi connectivity index (χ1n) is 9.00. The molecule has 0 spiro atoms. The Bertz CT molecular complexity index is 946. The zero-order valence-electron chi connectivity index (χ0n) is 16.5. The second kappa shape index (κ2) is 7.05. The van der Waals surface area contributed by atoms with E-state index in [0.717, 1.165) is 5.56 Å². The number of methoxy groups -OCH3 is 1. The highest BCUT2D eigenvalue weighted by Gasteiger charge is 2.43. The first kappa shape index (κ1) is 20.1. The van der Waals surface area contributed by atoms with Crippen molar-refractivity contribution in [1.29, 1.82) is 0 Å². The lowest BCUT2D eigenvalue weighted by molar-refractivity contribution is 0.0919. The zero-order valence-corrected chi connectivity index (χ0v) is 17.2. The van der Waals surface area contributed by atoms with Crippen LogP contribution in [0.4, 0.5) is 4.79 Å². The minimum absolute atomic E-state index is 0.309. The van der Waals surface area contributed by atoms with Crippen molar-refractivity contribution in [3.05, 3.63) is 40.7 Å². The summed E-state index contributed by atoms with van der Waals surface area (Å²) < 4.78 is 7.17. The van der Waals surface area contributed by atoms with Gasteiger partial charge < -0.3 is 25.7 Å². The maximum Gasteiger partial charge on any atom is 0.315 e. The first-order valence-corrected chi connectivity index (χ1v) is 9.38. The van der Waals surface area contributed by atoms with Crippen molar-refractivity contribution in [3.8, 4) is 16.9 Å². The van der Waals surface area contributed by atoms with E-state index < -0.39 is 23.4 Å². The maximum absolute atomic E-state index is 12.6. The smallest absolute Gasteiger partial charge is 0.315 e. The van der Waals surface area contributed by atoms with E-state index in [1.54, 1.807) is 18.1 Å². The Hall–Kier alpha value is -2.67. The van der Waals surface area contributed by atoms with Gasteiger partial charge in [0.15, 0.2) is 0 Å². The molecule has 0 saturated carbocycles. The fourth-order valence-electron chi connectivity index (χ4n) is 4.00. The van der Waals surface area contributed by atoms with Crippen molar-refractivity contribution in [2.75, 3.05) is 13.7 Å². The standard InChI is InChI=1S/C20H25ClN4O3/c1-20(2,3)16-15-14(18(22)26)13(11-6-5-7-12(10-11)28-4)17(21)24(15)8-9-25(16)19(23)27/h5-7,10,16H,8-9H2,1-4H3,(H2,22,26)(H2,23,27). The van der Waals surface area contributed by atoms with E-state index in [1.165, 1.54) is 0 Å². The number of primary amides is 2. The van der Waals surface area contributed by atoms with Crippen molar-refractivity contribution in [3.63, 3.8) is 0 Å². The van der Waals surface area contributed by atoms with Gasteiger partial charge in [-0.2, -0.15) is 0 Å². The van der Waals surface area contributed by atoms with E-state index in [1.807, 2.05) is 43.5 Å². The van der Waals surface area contributed by atoms with Crippen LogP contribution >= 0.6 is 11.6 Å². The number of amides is 3. The summed E-state index contributed by atoms with van der Waals surface area (Å²) in [6, 6.07) is 6.30. The van der Waals surface area contributed by atoms with E-state index in [2.05, 4.69) is 0 Å². The number of halogens is 1. The summed E-state index contributed by atoms with van der Waals surface area (Å²) in [5, 5.41) is 0.412. The molecule has 4 N–H and O–H groups in total. The minimum atomic E-state index is -0.603. The molecule has 1 aliphatic heterocycles. The summed E-state index contributed by atoms with van der Waals surface area (Å²) in [5.41, 5.74) is 13.2. The van der Waals surface area contributed by atoms with Crippen LogP contribution in [-0.2, 0) is 6.54 Å². The number of nitrogens with two attached hydrogens (primary N) is 2. The van der Waals surface area contributed by atoms with Crippen LogP contribution in [0.3, 0.4) is 0 Å². The summed E-state index contributed by atoms with van der Waals surface area (Å²) in [7, 11) is 1.57. The van der Waals surface area contributed by atoms with Crippen LogP contribution < -0.4 is 16.2 Å². The molecule has 3 amide bonds. The third-order valence-corrected chi connectivity index (χ3v) is 5.48. The number of carbonyl (C=O) groups excluding carboxylic acids is 2. The van der Waals surface area contributed by atoms with Crippen molar-refractivity contribution >= 4 is 23.5 Å². The van der Waals surface area contributed by atoms with Gasteiger partial charge in [-0.15, -0.1) is 0 Å². The number of hydrogen-bond donors (Lipinski definition) is 2. The molecule has 2 heterocycles. The van der Waals surface area contributed by atoms with Gasteiger partial charge in [-0.3, -0.25) is 4.79 Å². The molecular formula is C20H25ClN4O3. The highest BCUT2D eigenvalue weighted by Crippen LogP contribution is 2.48. The fourth-order valence-corrected chi connectivity index (χ4v) is 4.38. The molecule has 7 nitrogen and oxygen atoms in total. The molecule has 1 aromatic carbocycles. The summed E-state index contributed by atoms with van der Waals surface area (Å²) in [5.74, 6) is 0.0355. The fraction of sp³-hybridized carbons (Fsp3) is 0.400. The van der Waals surface area contributed by atoms with Gasteiger partial charge in [-0.1, -0.05) is 44.5 Å². The normalized spacial score (nSPS) is 16.6. The van der Waals surface area contributed by atoms with Crippen molar-refractivity contribution < 1.29 is 14.3 Å². The van der Waals surface area contributed by atoms with Gasteiger partial charge in [-0.05, 0) is 23.1 Å². The van der Waals surface area contributed by atoms with Crippen LogP contribution in [-0.4, -0.2) is 35.1 Å². The Morgan fingerprint density at radius 1 is 1.21 bits per heavy atom. The number of hydrogen-bond acceptors (Lipinski definition) is 3. The predicted molar refractivity (Wildman–Crippen MR) is 108 cm³/mol. The zero-order chi connectivity index (χ0) is 20.8. The average molecular weight is 405 g/mol. The van der Waals surface area contributed by atoms with Crippen molar-refractivity contribution in [2.24, 2.45) is 16.9 Å². The highest BCUT2D eigenvalue weighted by atomic mass is 35.5. The van der Waals surface area contributed by atoms with Gasteiger partial charge in [0.05, 0.1) is 24.4 Å². The highest BCUT2D eigenvalue weighted by molar-refractivity contribution is 6.33. The Morgan fingerprint density at radius 3 is 2.43 bits per heavy atom. The van der Waals surface area contributed by atoms with Crippen molar-refractivity contribution in [1.82, 2.24) is 9.47 Å². The van der Waals surface area contributed by atoms with Gasteiger partial charge in [0.1, 0.15) is 10.9 Å². The molecule has 0 aliphatic carbocycles. The average Bonchev–Trinajstić information content (AvgIpc) is 2.93. The van der Waals surface area contributed by atoms with E-state index >= 15 is 0 Å². The topological polar surface area (TPSA) is 104 Å². The Balaban J connectivity index is 2.35. The molecule has 0 saturated heterocycles. The van der Waals surface area contributed by atoms with Crippen molar-refractivity contribution in [2.45, 2.75) is 33.4 Å². The van der Waals surface area contributed by atoms with E-state index in [9.17, 15) is 9.59 Å². The molecule has 8 heteroatoms. The molecule has 0 fully saturated rings. The first-order chi connectivity index (χ1) is 13.1. The van der Waals surface area contributed by atoms with Crippen LogP contribution in [0.2, 0.25) is 5.15 Å². The van der Waals surface area contributed by atoms with Gasteiger partial charge in [-0.25, -0.2) is 4.79 Å². The third kappa shape index (κ3) is 3.20. The van der Waals surface area contributed by atoms with Crippen LogP contribution in [0.25, 0.3) is 11.1 Å². The summed E-state index contributed by atoms with van der Waals surface area (Å²) in [6.45, 7) is 6.78. The van der Waals surface area contributed by atoms with Crippen LogP contribution in [0, 0.1) is 5.41 Å². The van der Waals surface area contributed by atoms with E-state index in [4.69, 9.17) is 27.8 Å². The molecule has 0 radical (unpaired) electrons. The summed E-state index contributed by atoms with van der Waals surface area (Å²) >= 11 is 6.74. The summed E-state index contributed by atoms with van der Waals surface area (Å²) in [4.78, 5) is 26.3. The monoisotopic (exact) mass is 404 g/mol. The lowest BCUT2D eigenvalue weighted by Crippen LogP contribution is -2.49. The van der Waals surface area contributed by atoms with Gasteiger partial charge in [0.25, 0.3) is 5.91 Å². The largest absolute Gasteiger partial charge is 0.497 e. The van der Waals surface area contributed by atoms with Crippen LogP contribution in [0.1, 0.15) is 42.9 Å². The molecule has 1 atom stereocenters. The number of aromatic nitrogens is 1. The molecule has 28 heavy (non-hydrogen) atoms. The second-order valence-corrected chi connectivity index (χ2v) is 8.33. The van der Waals surface area contributed by atoms with Gasteiger partial charge in [0.2, 0.25) is 0 Å². The number of benzene rings is 1. The minimum Gasteiger partial charge on any atom is -0.497 e. The number of fused-ring (bicyclic) bond motifs is 1. The predicted octanol–water partition coefficient (Wildman–Crippen LogP) is 3.40. The Morgan fingerprint density at radius 2 is 1.89 bits per heavy atom. The second-order valence-electron chi connectivity index (χ2n) is 7.97. The lowest BCUT2D eigenvalue weighted by atomic mass is 9.81. The molecule has 1 aliphatic rings. The number of urea groups is 1. The molecule has 1 aromatic heterocycles. The lowest BCUT2D eigenvalue weighted by Gasteiger charge is -2.43. The number of nitrogens with zero attached hydrogens (tertiary/aromatic N) is 2. The van der Waals surface area contributed by atoms with Crippen LogP contribution in [0.15, 0.2) is 24.3 Å². The summed E-state index contributed by atoms with van der Waals surface area (Å²) in [6.07, 6.45) is 0. The van der Waals surface area contributed by atoms with E-state index in [-0.39, 0.29) is 0 Å². The molecular weight excluding hydrogens is 380 g/mol. The SMILES string of the molecule is COc1cccc(-c2c(C(N)=O)c3n(c2Cl)CCN(C(N)=O)C3C(C)(C)C)c1. The quantitative estimate of drug-likeness (QED) is 0.819. The number of ether oxygens (including phenoxy) is 1. The molecule has 1 unspecified atom stereocenters. The Labute approximate surface area is 169 Å². The molecule has 0 bridgehead atoms.